The summed E-state index contributed by atoms with van der Waals surface area (Å²) in [7, 11) is 1.66. The topological polar surface area (TPSA) is 64.3 Å². The fourth-order valence-corrected chi connectivity index (χ4v) is 2.22. The summed E-state index contributed by atoms with van der Waals surface area (Å²) in [6.45, 7) is 1.14. The average Bonchev–Trinajstić information content (AvgIpc) is 2.58. The summed E-state index contributed by atoms with van der Waals surface area (Å²) in [5, 5.41) is 2.93. The van der Waals surface area contributed by atoms with E-state index in [9.17, 15) is 4.79 Å². The van der Waals surface area contributed by atoms with E-state index in [1.54, 1.807) is 19.2 Å². The highest BCUT2D eigenvalue weighted by Crippen LogP contribution is 2.13. The van der Waals surface area contributed by atoms with Crippen LogP contribution in [0.3, 0.4) is 0 Å². The Balaban J connectivity index is 1.76. The lowest BCUT2D eigenvalue weighted by molar-refractivity contribution is 0.0953. The Morgan fingerprint density at radius 2 is 1.91 bits per heavy atom. The molecule has 0 saturated carbocycles. The number of methoxy groups -OCH3 is 1. The molecule has 2 aromatic carbocycles. The van der Waals surface area contributed by atoms with Gasteiger partial charge in [0.15, 0.2) is 0 Å². The number of rotatable bonds is 7. The molecular formula is C18H22N2O2. The van der Waals surface area contributed by atoms with Crippen LogP contribution in [0.5, 0.6) is 5.75 Å². The first-order valence-corrected chi connectivity index (χ1v) is 7.43. The maximum absolute atomic E-state index is 12.0. The molecule has 0 aliphatic rings. The largest absolute Gasteiger partial charge is 0.497 e. The second-order valence-electron chi connectivity index (χ2n) is 5.11. The van der Waals surface area contributed by atoms with Gasteiger partial charge < -0.3 is 15.8 Å². The minimum absolute atomic E-state index is 0.0470. The zero-order valence-electron chi connectivity index (χ0n) is 12.8. The van der Waals surface area contributed by atoms with Crippen LogP contribution in [0.25, 0.3) is 0 Å². The number of hydrogen-bond acceptors (Lipinski definition) is 3. The van der Waals surface area contributed by atoms with Crippen molar-refractivity contribution in [2.24, 2.45) is 5.73 Å². The van der Waals surface area contributed by atoms with E-state index in [2.05, 4.69) is 11.4 Å². The molecule has 1 amide bonds. The van der Waals surface area contributed by atoms with Gasteiger partial charge in [-0.15, -0.1) is 0 Å². The van der Waals surface area contributed by atoms with E-state index in [1.165, 1.54) is 5.56 Å². The van der Waals surface area contributed by atoms with Crippen LogP contribution in [0.2, 0.25) is 0 Å². The molecule has 0 aliphatic carbocycles. The van der Waals surface area contributed by atoms with Gasteiger partial charge in [-0.1, -0.05) is 24.3 Å². The molecule has 2 aromatic rings. The highest BCUT2D eigenvalue weighted by atomic mass is 16.5. The maximum Gasteiger partial charge on any atom is 0.251 e. The fourth-order valence-electron chi connectivity index (χ4n) is 2.22. The van der Waals surface area contributed by atoms with Crippen molar-refractivity contribution in [1.82, 2.24) is 5.32 Å². The first-order valence-electron chi connectivity index (χ1n) is 7.43. The quantitative estimate of drug-likeness (QED) is 0.772. The van der Waals surface area contributed by atoms with Crippen LogP contribution in [0, 0.1) is 0 Å². The van der Waals surface area contributed by atoms with Crippen LogP contribution < -0.4 is 15.8 Å². The standard InChI is InChI=1S/C18H22N2O2/c1-22-17-6-2-4-14(12-17)5-3-11-20-18(21)16-9-7-15(13-19)8-10-16/h2,4,6-10,12H,3,5,11,13,19H2,1H3,(H,20,21). The van der Waals surface area contributed by atoms with Crippen molar-refractivity contribution in [2.75, 3.05) is 13.7 Å². The number of nitrogens with two attached hydrogens (primary N) is 1. The third-order valence-corrected chi connectivity index (χ3v) is 3.51. The zero-order chi connectivity index (χ0) is 15.8. The van der Waals surface area contributed by atoms with Crippen LogP contribution >= 0.6 is 0 Å². The van der Waals surface area contributed by atoms with Gasteiger partial charge in [0.2, 0.25) is 0 Å². The van der Waals surface area contributed by atoms with E-state index in [-0.39, 0.29) is 5.91 Å². The molecule has 0 atom stereocenters. The summed E-state index contributed by atoms with van der Waals surface area (Å²) < 4.78 is 5.20. The summed E-state index contributed by atoms with van der Waals surface area (Å²) >= 11 is 0. The molecule has 0 spiro atoms. The highest BCUT2D eigenvalue weighted by molar-refractivity contribution is 5.94. The fraction of sp³-hybridized carbons (Fsp3) is 0.278. The van der Waals surface area contributed by atoms with E-state index in [0.29, 0.717) is 18.7 Å². The van der Waals surface area contributed by atoms with Crippen molar-refractivity contribution in [2.45, 2.75) is 19.4 Å². The minimum atomic E-state index is -0.0470. The SMILES string of the molecule is COc1cccc(CCCNC(=O)c2ccc(CN)cc2)c1. The van der Waals surface area contributed by atoms with Gasteiger partial charge in [-0.05, 0) is 48.2 Å². The maximum atomic E-state index is 12.0. The molecule has 0 fully saturated rings. The second kappa shape index (κ2) is 8.20. The molecule has 22 heavy (non-hydrogen) atoms. The lowest BCUT2D eigenvalue weighted by Crippen LogP contribution is -2.24. The van der Waals surface area contributed by atoms with Gasteiger partial charge in [0.1, 0.15) is 5.75 Å². The van der Waals surface area contributed by atoms with Crippen molar-refractivity contribution in [3.8, 4) is 5.75 Å². The molecule has 0 aromatic heterocycles. The van der Waals surface area contributed by atoms with E-state index in [1.807, 2.05) is 30.3 Å². The molecule has 116 valence electrons. The van der Waals surface area contributed by atoms with E-state index in [4.69, 9.17) is 10.5 Å². The number of amides is 1. The molecule has 0 radical (unpaired) electrons. The minimum Gasteiger partial charge on any atom is -0.497 e. The molecule has 0 unspecified atom stereocenters. The Bertz CT molecular complexity index is 609. The lowest BCUT2D eigenvalue weighted by atomic mass is 10.1. The first kappa shape index (κ1) is 16.0. The molecule has 0 bridgehead atoms. The highest BCUT2D eigenvalue weighted by Gasteiger charge is 2.04. The molecule has 0 aliphatic heterocycles. The van der Waals surface area contributed by atoms with Crippen LogP contribution in [0.15, 0.2) is 48.5 Å². The molecule has 4 nitrogen and oxygen atoms in total. The van der Waals surface area contributed by atoms with Crippen molar-refractivity contribution < 1.29 is 9.53 Å². The summed E-state index contributed by atoms with van der Waals surface area (Å²) in [6.07, 6.45) is 1.80. The second-order valence-corrected chi connectivity index (χ2v) is 5.11. The van der Waals surface area contributed by atoms with Crippen LogP contribution in [-0.4, -0.2) is 19.6 Å². The van der Waals surface area contributed by atoms with E-state index >= 15 is 0 Å². The van der Waals surface area contributed by atoms with E-state index in [0.717, 1.165) is 24.2 Å². The summed E-state index contributed by atoms with van der Waals surface area (Å²) in [6, 6.07) is 15.4. The average molecular weight is 298 g/mol. The molecule has 2 rings (SSSR count). The predicted molar refractivity (Wildman–Crippen MR) is 88.0 cm³/mol. The van der Waals surface area contributed by atoms with Gasteiger partial charge in [-0.2, -0.15) is 0 Å². The molecule has 0 saturated heterocycles. The number of hydrogen-bond donors (Lipinski definition) is 2. The number of benzene rings is 2. The van der Waals surface area contributed by atoms with Crippen molar-refractivity contribution >= 4 is 5.91 Å². The van der Waals surface area contributed by atoms with Gasteiger partial charge >= 0.3 is 0 Å². The van der Waals surface area contributed by atoms with Gasteiger partial charge in [0, 0.05) is 18.7 Å². The Kier molecular flexibility index (Phi) is 5.98. The first-order chi connectivity index (χ1) is 10.7. The van der Waals surface area contributed by atoms with Crippen molar-refractivity contribution in [3.05, 3.63) is 65.2 Å². The normalized spacial score (nSPS) is 10.3. The van der Waals surface area contributed by atoms with Gasteiger partial charge in [-0.3, -0.25) is 4.79 Å². The Hall–Kier alpha value is -2.33. The van der Waals surface area contributed by atoms with E-state index < -0.39 is 0 Å². The lowest BCUT2D eigenvalue weighted by Gasteiger charge is -2.07. The molecule has 4 heteroatoms. The van der Waals surface area contributed by atoms with Crippen LogP contribution in [-0.2, 0) is 13.0 Å². The van der Waals surface area contributed by atoms with Crippen molar-refractivity contribution in [3.63, 3.8) is 0 Å². The predicted octanol–water partition coefficient (Wildman–Crippen LogP) is 2.52. The molecule has 0 heterocycles. The molecular weight excluding hydrogens is 276 g/mol. The number of carbonyl (C=O) groups is 1. The van der Waals surface area contributed by atoms with Crippen LogP contribution in [0.1, 0.15) is 27.9 Å². The Morgan fingerprint density at radius 1 is 1.14 bits per heavy atom. The van der Waals surface area contributed by atoms with Gasteiger partial charge in [0.25, 0.3) is 5.91 Å². The Morgan fingerprint density at radius 3 is 2.59 bits per heavy atom. The number of ether oxygens (including phenoxy) is 1. The summed E-state index contributed by atoms with van der Waals surface area (Å²) in [4.78, 5) is 12.0. The van der Waals surface area contributed by atoms with Crippen molar-refractivity contribution in [1.29, 1.82) is 0 Å². The molecule has 3 N–H and O–H groups in total. The Labute approximate surface area is 131 Å². The van der Waals surface area contributed by atoms with Gasteiger partial charge in [0.05, 0.1) is 7.11 Å². The number of nitrogens with one attached hydrogen (secondary N) is 1. The monoisotopic (exact) mass is 298 g/mol. The summed E-state index contributed by atoms with van der Waals surface area (Å²) in [5.74, 6) is 0.816. The number of carbonyl (C=O) groups excluding carboxylic acids is 1. The van der Waals surface area contributed by atoms with Gasteiger partial charge in [-0.25, -0.2) is 0 Å². The zero-order valence-corrected chi connectivity index (χ0v) is 12.8. The summed E-state index contributed by atoms with van der Waals surface area (Å²) in [5.41, 5.74) is 8.44. The van der Waals surface area contributed by atoms with Crippen LogP contribution in [0.4, 0.5) is 0 Å². The number of aryl methyl sites for hydroxylation is 1. The third kappa shape index (κ3) is 4.60. The third-order valence-electron chi connectivity index (χ3n) is 3.51. The smallest absolute Gasteiger partial charge is 0.251 e.